The molecule has 2 fully saturated rings. The Hall–Kier alpha value is -8.32. The quantitative estimate of drug-likeness (QED) is 0.0134. The number of benzene rings is 4. The molecule has 0 N–H and O–H groups in total. The topological polar surface area (TPSA) is 229 Å². The van der Waals surface area contributed by atoms with Gasteiger partial charge in [0, 0.05) is 17.5 Å². The fourth-order valence-corrected chi connectivity index (χ4v) is 11.1. The van der Waals surface area contributed by atoms with E-state index in [1.165, 1.54) is 11.3 Å². The van der Waals surface area contributed by atoms with E-state index in [9.17, 15) is 33.6 Å². The van der Waals surface area contributed by atoms with Crippen LogP contribution < -0.4 is 18.9 Å². The van der Waals surface area contributed by atoms with Gasteiger partial charge in [-0.1, -0.05) is 19.2 Å². The fourth-order valence-electron chi connectivity index (χ4n) is 10.2. The molecule has 2 aliphatic rings. The summed E-state index contributed by atoms with van der Waals surface area (Å²) < 4.78 is 57.3. The van der Waals surface area contributed by atoms with Gasteiger partial charge in [0.2, 0.25) is 0 Å². The Bertz CT molecular complexity index is 3290. The minimum Gasteiger partial charge on any atom is -0.494 e. The number of rotatable bonds is 30. The van der Waals surface area contributed by atoms with E-state index in [1.807, 2.05) is 26.0 Å². The maximum absolute atomic E-state index is 14.1. The zero-order chi connectivity index (χ0) is 60.1. The molecule has 2 heterocycles. The first-order valence-electron chi connectivity index (χ1n) is 29.2. The smallest absolute Gasteiger partial charge is 0.340 e. The van der Waals surface area contributed by atoms with Crippen LogP contribution >= 0.6 is 11.3 Å². The number of hydrogen-bond acceptors (Lipinski definition) is 19. The van der Waals surface area contributed by atoms with Gasteiger partial charge < -0.3 is 47.0 Å². The van der Waals surface area contributed by atoms with Gasteiger partial charge in [0.05, 0.1) is 60.5 Å². The third-order valence-electron chi connectivity index (χ3n) is 14.8. The SMILES string of the molecule is C=CC(=O)OCCCCCCOc1ccc(C(=O)O[C@H]2CC[C@H](C(=O)Oc3ccc(C(=O)O[C@H]4CC[C@H](C(=O)Oc5ccc(OCCCCCCOC(=O)CCOC(=O)C=C)cc5)CC4)c4nc(-c5cc6c(C)cc(C)cc6o5)sc34)CC2)cc1. The normalized spacial score (nSPS) is 16.6. The monoisotopic (exact) mass is 1180 g/mol. The summed E-state index contributed by atoms with van der Waals surface area (Å²) in [6.07, 6.45) is 11.7. The number of aromatic nitrogens is 1. The number of hydrogen-bond donors (Lipinski definition) is 0. The van der Waals surface area contributed by atoms with Gasteiger partial charge in [-0.3, -0.25) is 14.4 Å². The van der Waals surface area contributed by atoms with Gasteiger partial charge in [-0.05, 0) is 201 Å². The highest BCUT2D eigenvalue weighted by atomic mass is 32.1. The van der Waals surface area contributed by atoms with Crippen LogP contribution in [0.15, 0.2) is 109 Å². The summed E-state index contributed by atoms with van der Waals surface area (Å²) in [6, 6.07) is 22.8. The van der Waals surface area contributed by atoms with Crippen LogP contribution in [0.3, 0.4) is 0 Å². The van der Waals surface area contributed by atoms with Crippen molar-refractivity contribution in [3.8, 4) is 33.8 Å². The Morgan fingerprint density at radius 2 is 1.11 bits per heavy atom. The molecule has 4 aromatic carbocycles. The molecule has 6 aromatic rings. The van der Waals surface area contributed by atoms with E-state index in [4.69, 9.17) is 52.0 Å². The summed E-state index contributed by atoms with van der Waals surface area (Å²) in [5, 5.41) is 1.42. The van der Waals surface area contributed by atoms with E-state index in [2.05, 4.69) is 19.2 Å². The molecule has 0 bridgehead atoms. The van der Waals surface area contributed by atoms with Crippen molar-refractivity contribution in [2.75, 3.05) is 33.0 Å². The van der Waals surface area contributed by atoms with Gasteiger partial charge in [0.25, 0.3) is 0 Å². The van der Waals surface area contributed by atoms with Crippen molar-refractivity contribution in [1.82, 2.24) is 4.98 Å². The lowest BCUT2D eigenvalue weighted by Gasteiger charge is -2.27. The first kappa shape index (κ1) is 62.7. The molecule has 450 valence electrons. The third-order valence-corrected chi connectivity index (χ3v) is 15.9. The van der Waals surface area contributed by atoms with E-state index >= 15 is 0 Å². The Labute approximate surface area is 498 Å². The Kier molecular flexibility index (Phi) is 23.3. The lowest BCUT2D eigenvalue weighted by atomic mass is 9.87. The number of aryl methyl sites for hydroxylation is 2. The molecule has 18 nitrogen and oxygen atoms in total. The van der Waals surface area contributed by atoms with Crippen LogP contribution in [0.2, 0.25) is 0 Å². The summed E-state index contributed by atoms with van der Waals surface area (Å²) in [4.78, 5) is 93.3. The number of furan rings is 1. The van der Waals surface area contributed by atoms with Gasteiger partial charge in [0.1, 0.15) is 52.9 Å². The van der Waals surface area contributed by atoms with Crippen LogP contribution in [-0.2, 0) is 47.7 Å². The Morgan fingerprint density at radius 3 is 1.71 bits per heavy atom. The van der Waals surface area contributed by atoms with Crippen LogP contribution in [-0.4, -0.2) is 92.0 Å². The average molecular weight is 1180 g/mol. The molecule has 85 heavy (non-hydrogen) atoms. The van der Waals surface area contributed by atoms with Crippen LogP contribution in [0.1, 0.15) is 141 Å². The van der Waals surface area contributed by atoms with E-state index in [1.54, 1.807) is 60.7 Å². The first-order valence-corrected chi connectivity index (χ1v) is 30.0. The van der Waals surface area contributed by atoms with Gasteiger partial charge in [-0.2, -0.15) is 0 Å². The molecular weight excluding hydrogens is 1110 g/mol. The van der Waals surface area contributed by atoms with Crippen molar-refractivity contribution < 1.29 is 80.6 Å². The predicted octanol–water partition coefficient (Wildman–Crippen LogP) is 13.2. The minimum atomic E-state index is -0.590. The number of nitrogens with zero attached hydrogens (tertiary/aromatic N) is 1. The van der Waals surface area contributed by atoms with Gasteiger partial charge in [-0.25, -0.2) is 24.2 Å². The van der Waals surface area contributed by atoms with Gasteiger partial charge in [-0.15, -0.1) is 11.3 Å². The predicted molar refractivity (Wildman–Crippen MR) is 317 cm³/mol. The van der Waals surface area contributed by atoms with Crippen molar-refractivity contribution in [2.45, 2.75) is 135 Å². The lowest BCUT2D eigenvalue weighted by molar-refractivity contribution is -0.147. The molecule has 0 spiro atoms. The summed E-state index contributed by atoms with van der Waals surface area (Å²) in [7, 11) is 0. The maximum atomic E-state index is 14.1. The average Bonchev–Trinajstić information content (AvgIpc) is 4.02. The maximum Gasteiger partial charge on any atom is 0.340 e. The second-order valence-electron chi connectivity index (χ2n) is 21.2. The van der Waals surface area contributed by atoms with E-state index in [0.717, 1.165) is 73.6 Å². The molecule has 8 rings (SSSR count). The molecule has 0 saturated heterocycles. The number of carbonyl (C=O) groups is 7. The van der Waals surface area contributed by atoms with E-state index in [-0.39, 0.29) is 42.3 Å². The summed E-state index contributed by atoms with van der Waals surface area (Å²) >= 11 is 1.25. The summed E-state index contributed by atoms with van der Waals surface area (Å²) in [5.74, 6) is -1.66. The zero-order valence-corrected chi connectivity index (χ0v) is 49.1. The highest BCUT2D eigenvalue weighted by molar-refractivity contribution is 7.22. The van der Waals surface area contributed by atoms with Crippen molar-refractivity contribution >= 4 is 74.3 Å². The molecule has 0 atom stereocenters. The molecule has 0 radical (unpaired) electrons. The van der Waals surface area contributed by atoms with Gasteiger partial charge >= 0.3 is 41.8 Å². The van der Waals surface area contributed by atoms with Crippen LogP contribution in [0, 0.1) is 25.7 Å². The number of esters is 7. The molecular formula is C66H73NO17S. The largest absolute Gasteiger partial charge is 0.494 e. The minimum absolute atomic E-state index is 0.00235. The summed E-state index contributed by atoms with van der Waals surface area (Å²) in [6.45, 7) is 12.3. The van der Waals surface area contributed by atoms with Crippen molar-refractivity contribution in [1.29, 1.82) is 0 Å². The second kappa shape index (κ2) is 31.5. The van der Waals surface area contributed by atoms with Crippen molar-refractivity contribution in [3.05, 3.63) is 126 Å². The van der Waals surface area contributed by atoms with Crippen LogP contribution in [0.4, 0.5) is 0 Å². The molecule has 2 aromatic heterocycles. The third kappa shape index (κ3) is 18.6. The fraction of sp³-hybridized carbons (Fsp3) is 0.424. The van der Waals surface area contributed by atoms with Crippen molar-refractivity contribution in [2.24, 2.45) is 11.8 Å². The number of fused-ring (bicyclic) bond motifs is 2. The zero-order valence-electron chi connectivity index (χ0n) is 48.2. The Morgan fingerprint density at radius 1 is 0.576 bits per heavy atom. The van der Waals surface area contributed by atoms with Crippen LogP contribution in [0.5, 0.6) is 23.0 Å². The van der Waals surface area contributed by atoms with Crippen LogP contribution in [0.25, 0.3) is 32.0 Å². The molecule has 19 heteroatoms. The Balaban J connectivity index is 0.791. The highest BCUT2D eigenvalue weighted by Crippen LogP contribution is 2.42. The number of unbranched alkanes of at least 4 members (excludes halogenated alkanes) is 6. The molecule has 0 amide bonds. The van der Waals surface area contributed by atoms with Gasteiger partial charge in [0.15, 0.2) is 10.8 Å². The number of ether oxygens (including phenoxy) is 9. The first-order chi connectivity index (χ1) is 41.2. The second-order valence-corrected chi connectivity index (χ2v) is 22.2. The highest BCUT2D eigenvalue weighted by Gasteiger charge is 2.33. The van der Waals surface area contributed by atoms with E-state index in [0.29, 0.717) is 134 Å². The lowest BCUT2D eigenvalue weighted by Crippen LogP contribution is -2.30. The standard InChI is InChI=1S/C66H73NO17S/c1-5-57(68)77-36-13-9-7-11-34-75-47-21-15-44(16-22-47)63(71)80-49-23-19-46(20-24-49)65(73)84-54-32-31-52(60-61(54)85-62(67-60)56-41-53-43(4)39-42(3)40-55(53)83-56)66(74)82-50-25-17-45(18-26-50)64(72)81-51-29-27-48(28-30-51)76-35-12-8-10-14-37-78-59(70)33-38-79-58(69)6-2/h5-6,15-16,21-22,27-32,39-41,45-46,49-50H,1-2,7-14,17-20,23-26,33-38H2,3-4H3/t45-,46-,49-,50-. The number of thiazole rings is 1. The van der Waals surface area contributed by atoms with Crippen molar-refractivity contribution in [3.63, 3.8) is 0 Å². The summed E-state index contributed by atoms with van der Waals surface area (Å²) in [5.41, 5.74) is 3.70. The molecule has 2 aliphatic carbocycles. The number of carbonyl (C=O) groups excluding carboxylic acids is 7. The molecule has 2 saturated carbocycles. The molecule has 0 unspecified atom stereocenters. The van der Waals surface area contributed by atoms with E-state index < -0.39 is 47.8 Å². The molecule has 0 aliphatic heterocycles.